The summed E-state index contributed by atoms with van der Waals surface area (Å²) in [6.45, 7) is 1.86. The number of rotatable bonds is 2. The first-order valence-electron chi connectivity index (χ1n) is 7.50. The van der Waals surface area contributed by atoms with Crippen LogP contribution in [0.2, 0.25) is 5.02 Å². The molecule has 1 amide bonds. The minimum Gasteiger partial charge on any atom is -0.461 e. The Bertz CT molecular complexity index is 726. The fraction of sp³-hybridized carbons (Fsp3) is 0.500. The molecule has 3 aliphatic rings. The van der Waals surface area contributed by atoms with Gasteiger partial charge in [0.05, 0.1) is 21.7 Å². The van der Waals surface area contributed by atoms with Crippen LogP contribution >= 0.6 is 43.5 Å². The van der Waals surface area contributed by atoms with Gasteiger partial charge in [-0.2, -0.15) is 0 Å². The molecule has 0 spiro atoms. The number of carbonyl (C=O) groups excluding carboxylic acids is 2. The van der Waals surface area contributed by atoms with Crippen molar-refractivity contribution in [1.29, 1.82) is 0 Å². The molecule has 2 aliphatic carbocycles. The zero-order chi connectivity index (χ0) is 16.5. The maximum Gasteiger partial charge on any atom is 0.310 e. The number of alkyl halides is 1. The maximum atomic E-state index is 12.8. The monoisotopic (exact) mass is 461 g/mol. The van der Waals surface area contributed by atoms with Gasteiger partial charge in [0.2, 0.25) is 5.91 Å². The van der Waals surface area contributed by atoms with E-state index in [-0.39, 0.29) is 46.5 Å². The summed E-state index contributed by atoms with van der Waals surface area (Å²) in [5, 5.41) is 3.53. The molecule has 1 N–H and O–H groups in total. The quantitative estimate of drug-likeness (QED) is 0.534. The first-order valence-corrected chi connectivity index (χ1v) is 9.59. The van der Waals surface area contributed by atoms with Gasteiger partial charge in [-0.05, 0) is 52.9 Å². The van der Waals surface area contributed by atoms with Crippen LogP contribution in [0.15, 0.2) is 16.6 Å². The Morgan fingerprint density at radius 1 is 1.39 bits per heavy atom. The standard InChI is InChI=1S/C16H14Br2ClNO3/c1-5-9(3-2-8(17)13(5)19)20-15(21)10-6-4-7-11(10)16(22)23-14(7)12(6)18/h2-3,6-7,10-12,14H,4H2,1H3,(H,20,21)/t6-,7-,10-,11-,12-,14+/m1/s1. The summed E-state index contributed by atoms with van der Waals surface area (Å²) in [4.78, 5) is 25.0. The molecule has 6 atom stereocenters. The molecule has 1 aliphatic heterocycles. The Morgan fingerprint density at radius 2 is 2.13 bits per heavy atom. The van der Waals surface area contributed by atoms with Crippen LogP contribution in [-0.4, -0.2) is 22.8 Å². The first-order chi connectivity index (χ1) is 10.9. The van der Waals surface area contributed by atoms with Crippen molar-refractivity contribution in [2.75, 3.05) is 5.32 Å². The van der Waals surface area contributed by atoms with Gasteiger partial charge in [0.15, 0.2) is 0 Å². The molecular weight excluding hydrogens is 449 g/mol. The van der Waals surface area contributed by atoms with Crippen LogP contribution in [0.3, 0.4) is 0 Å². The maximum absolute atomic E-state index is 12.8. The van der Waals surface area contributed by atoms with Gasteiger partial charge in [0.1, 0.15) is 6.10 Å². The van der Waals surface area contributed by atoms with Crippen molar-refractivity contribution in [2.24, 2.45) is 23.7 Å². The van der Waals surface area contributed by atoms with Crippen molar-refractivity contribution in [2.45, 2.75) is 24.3 Å². The number of halogens is 3. The lowest BCUT2D eigenvalue weighted by Gasteiger charge is -2.27. The highest BCUT2D eigenvalue weighted by molar-refractivity contribution is 9.10. The van der Waals surface area contributed by atoms with E-state index < -0.39 is 0 Å². The lowest BCUT2D eigenvalue weighted by molar-refractivity contribution is -0.145. The topological polar surface area (TPSA) is 55.4 Å². The number of esters is 1. The molecule has 122 valence electrons. The fourth-order valence-electron chi connectivity index (χ4n) is 4.33. The van der Waals surface area contributed by atoms with E-state index in [1.54, 1.807) is 6.07 Å². The van der Waals surface area contributed by atoms with Gasteiger partial charge in [0, 0.05) is 16.1 Å². The second-order valence-electron chi connectivity index (χ2n) is 6.48. The van der Waals surface area contributed by atoms with E-state index in [1.165, 1.54) is 0 Å². The average Bonchev–Trinajstić information content (AvgIpc) is 3.12. The summed E-state index contributed by atoms with van der Waals surface area (Å²) >= 11 is 13.2. The second kappa shape index (κ2) is 5.46. The molecule has 2 bridgehead atoms. The minimum atomic E-state index is -0.336. The number of fused-ring (bicyclic) bond motifs is 1. The Balaban J connectivity index is 1.61. The zero-order valence-corrected chi connectivity index (χ0v) is 16.1. The molecule has 1 aromatic rings. The Kier molecular flexibility index (Phi) is 3.78. The summed E-state index contributed by atoms with van der Waals surface area (Å²) < 4.78 is 6.24. The van der Waals surface area contributed by atoms with Crippen molar-refractivity contribution in [1.82, 2.24) is 0 Å². The van der Waals surface area contributed by atoms with E-state index in [4.69, 9.17) is 16.3 Å². The normalized spacial score (nSPS) is 37.1. The van der Waals surface area contributed by atoms with Gasteiger partial charge in [-0.15, -0.1) is 0 Å². The third kappa shape index (κ3) is 2.21. The molecule has 2 saturated carbocycles. The van der Waals surface area contributed by atoms with Crippen molar-refractivity contribution in [3.63, 3.8) is 0 Å². The van der Waals surface area contributed by atoms with E-state index in [0.717, 1.165) is 16.5 Å². The van der Waals surface area contributed by atoms with E-state index >= 15 is 0 Å². The number of benzene rings is 1. The largest absolute Gasteiger partial charge is 0.461 e. The summed E-state index contributed by atoms with van der Waals surface area (Å²) in [6, 6.07) is 3.62. The molecular formula is C16H14Br2ClNO3. The van der Waals surface area contributed by atoms with E-state index in [2.05, 4.69) is 37.2 Å². The minimum absolute atomic E-state index is 0.0644. The summed E-state index contributed by atoms with van der Waals surface area (Å²) in [5.41, 5.74) is 1.49. The number of amides is 1. The van der Waals surface area contributed by atoms with Gasteiger partial charge in [-0.1, -0.05) is 27.5 Å². The number of carbonyl (C=O) groups is 2. The number of ether oxygens (including phenoxy) is 1. The highest BCUT2D eigenvalue weighted by Gasteiger charge is 2.67. The number of hydrogen-bond donors (Lipinski definition) is 1. The predicted octanol–water partition coefficient (Wildman–Crippen LogP) is 3.92. The lowest BCUT2D eigenvalue weighted by atomic mass is 9.79. The average molecular weight is 464 g/mol. The van der Waals surface area contributed by atoms with Gasteiger partial charge >= 0.3 is 5.97 Å². The first kappa shape index (κ1) is 15.9. The molecule has 0 aromatic heterocycles. The van der Waals surface area contributed by atoms with Gasteiger partial charge in [0.25, 0.3) is 0 Å². The molecule has 0 unspecified atom stereocenters. The van der Waals surface area contributed by atoms with E-state index in [9.17, 15) is 9.59 Å². The molecule has 1 heterocycles. The van der Waals surface area contributed by atoms with Crippen LogP contribution in [0.5, 0.6) is 0 Å². The van der Waals surface area contributed by atoms with Gasteiger partial charge in [-0.3, -0.25) is 9.59 Å². The Hall–Kier alpha value is -0.590. The fourth-order valence-corrected chi connectivity index (χ4v) is 5.97. The Labute approximate surface area is 155 Å². The van der Waals surface area contributed by atoms with Gasteiger partial charge in [-0.25, -0.2) is 0 Å². The van der Waals surface area contributed by atoms with Crippen LogP contribution in [0.1, 0.15) is 12.0 Å². The number of anilines is 1. The molecule has 4 rings (SSSR count). The van der Waals surface area contributed by atoms with Crippen LogP contribution in [-0.2, 0) is 14.3 Å². The Morgan fingerprint density at radius 3 is 2.87 bits per heavy atom. The van der Waals surface area contributed by atoms with Crippen LogP contribution < -0.4 is 5.32 Å². The second-order valence-corrected chi connectivity index (χ2v) is 8.77. The van der Waals surface area contributed by atoms with E-state index in [1.807, 2.05) is 13.0 Å². The van der Waals surface area contributed by atoms with Crippen molar-refractivity contribution in [3.05, 3.63) is 27.2 Å². The van der Waals surface area contributed by atoms with Crippen LogP contribution in [0.25, 0.3) is 0 Å². The van der Waals surface area contributed by atoms with Crippen molar-refractivity contribution in [3.8, 4) is 0 Å². The number of hydrogen-bond acceptors (Lipinski definition) is 3. The lowest BCUT2D eigenvalue weighted by Crippen LogP contribution is -2.40. The SMILES string of the molecule is Cc1c(NC(=O)[C@@H]2[C@H]3C[C@H]4[C@H](OC(=O)[C@H]42)[C@@H]3Br)ccc(Br)c1Cl. The molecule has 1 aromatic carbocycles. The number of nitrogens with one attached hydrogen (secondary N) is 1. The molecule has 23 heavy (non-hydrogen) atoms. The van der Waals surface area contributed by atoms with Crippen LogP contribution in [0, 0.1) is 30.6 Å². The summed E-state index contributed by atoms with van der Waals surface area (Å²) in [6.07, 6.45) is 0.806. The third-order valence-electron chi connectivity index (χ3n) is 5.42. The molecule has 1 saturated heterocycles. The van der Waals surface area contributed by atoms with Crippen molar-refractivity contribution < 1.29 is 14.3 Å². The van der Waals surface area contributed by atoms with Gasteiger partial charge < -0.3 is 10.1 Å². The molecule has 4 nitrogen and oxygen atoms in total. The summed E-state index contributed by atoms with van der Waals surface area (Å²) in [7, 11) is 0. The molecule has 3 fully saturated rings. The van der Waals surface area contributed by atoms with Crippen molar-refractivity contribution >= 4 is 61.0 Å². The summed E-state index contributed by atoms with van der Waals surface area (Å²) in [5.74, 6) is -0.668. The molecule has 7 heteroatoms. The predicted molar refractivity (Wildman–Crippen MR) is 93.7 cm³/mol. The molecule has 0 radical (unpaired) electrons. The highest BCUT2D eigenvalue weighted by atomic mass is 79.9. The van der Waals surface area contributed by atoms with Crippen LogP contribution in [0.4, 0.5) is 5.69 Å². The smallest absolute Gasteiger partial charge is 0.310 e. The van der Waals surface area contributed by atoms with E-state index in [0.29, 0.717) is 10.7 Å². The zero-order valence-electron chi connectivity index (χ0n) is 12.2. The highest BCUT2D eigenvalue weighted by Crippen LogP contribution is 2.60. The third-order valence-corrected chi connectivity index (χ3v) is 8.00.